The molecule has 1 heterocycles. The fraction of sp³-hybridized carbons (Fsp3) is 0.211. The van der Waals surface area contributed by atoms with Crippen molar-refractivity contribution in [1.82, 2.24) is 14.8 Å². The van der Waals surface area contributed by atoms with Gasteiger partial charge in [0, 0.05) is 12.6 Å². The van der Waals surface area contributed by atoms with Crippen LogP contribution < -0.4 is 10.1 Å². The molecule has 2 aromatic carbocycles. The quantitative estimate of drug-likeness (QED) is 0.498. The molecule has 1 aromatic heterocycles. The van der Waals surface area contributed by atoms with Gasteiger partial charge in [-0.2, -0.15) is 0 Å². The molecular weight excluding hydrogens is 441 g/mol. The summed E-state index contributed by atoms with van der Waals surface area (Å²) >= 11 is 7.05. The predicted octanol–water partition coefficient (Wildman–Crippen LogP) is 4.68. The lowest BCUT2D eigenvalue weighted by Gasteiger charge is -2.10. The second-order valence-electron chi connectivity index (χ2n) is 5.97. The molecule has 0 unspecified atom stereocenters. The molecule has 1 amide bonds. The number of amides is 1. The molecule has 0 atom stereocenters. The van der Waals surface area contributed by atoms with Crippen LogP contribution in [0.2, 0.25) is 5.02 Å². The molecule has 3 rings (SSSR count). The number of halogens is 4. The zero-order valence-electron chi connectivity index (χ0n) is 15.7. The third-order valence-electron chi connectivity index (χ3n) is 3.90. The first-order valence-electron chi connectivity index (χ1n) is 8.75. The van der Waals surface area contributed by atoms with Gasteiger partial charge in [0.05, 0.1) is 16.5 Å². The number of carbonyl (C=O) groups excluding carboxylic acids is 1. The number of aromatic nitrogens is 3. The second kappa shape index (κ2) is 9.86. The average molecular weight is 457 g/mol. The van der Waals surface area contributed by atoms with Crippen molar-refractivity contribution in [3.05, 3.63) is 64.7 Å². The highest BCUT2D eigenvalue weighted by Crippen LogP contribution is 2.26. The zero-order chi connectivity index (χ0) is 21.7. The van der Waals surface area contributed by atoms with Crippen LogP contribution in [0.4, 0.5) is 18.9 Å². The Balaban J connectivity index is 1.60. The van der Waals surface area contributed by atoms with Gasteiger partial charge in [0.1, 0.15) is 29.8 Å². The molecule has 30 heavy (non-hydrogen) atoms. The minimum atomic E-state index is -0.857. The summed E-state index contributed by atoms with van der Waals surface area (Å²) in [6.45, 7) is 2.43. The normalized spacial score (nSPS) is 10.8. The first-order valence-corrected chi connectivity index (χ1v) is 10.1. The first-order chi connectivity index (χ1) is 14.4. The molecule has 0 aliphatic rings. The Morgan fingerprint density at radius 3 is 2.60 bits per heavy atom. The number of anilines is 1. The topological polar surface area (TPSA) is 69.0 Å². The van der Waals surface area contributed by atoms with Crippen LogP contribution in [-0.4, -0.2) is 26.4 Å². The molecule has 0 aliphatic heterocycles. The van der Waals surface area contributed by atoms with Gasteiger partial charge in [0.25, 0.3) is 0 Å². The Bertz CT molecular complexity index is 1060. The number of nitrogens with zero attached hydrogens (tertiary/aromatic N) is 3. The summed E-state index contributed by atoms with van der Waals surface area (Å²) in [4.78, 5) is 12.1. The Morgan fingerprint density at radius 2 is 1.90 bits per heavy atom. The summed E-state index contributed by atoms with van der Waals surface area (Å²) in [6.07, 6.45) is 0. The van der Waals surface area contributed by atoms with E-state index in [1.165, 1.54) is 12.1 Å². The van der Waals surface area contributed by atoms with Gasteiger partial charge in [0.15, 0.2) is 11.0 Å². The van der Waals surface area contributed by atoms with Crippen LogP contribution in [0.15, 0.2) is 41.6 Å². The van der Waals surface area contributed by atoms with Crippen LogP contribution in [0.5, 0.6) is 5.75 Å². The van der Waals surface area contributed by atoms with Crippen molar-refractivity contribution in [3.8, 4) is 5.75 Å². The Kier molecular flexibility index (Phi) is 7.22. The van der Waals surface area contributed by atoms with E-state index in [0.29, 0.717) is 29.3 Å². The van der Waals surface area contributed by atoms with Crippen LogP contribution in [0, 0.1) is 17.5 Å². The lowest BCUT2D eigenvalue weighted by molar-refractivity contribution is -0.113. The Labute approximate surface area is 179 Å². The zero-order valence-corrected chi connectivity index (χ0v) is 17.2. The van der Waals surface area contributed by atoms with Crippen LogP contribution in [0.3, 0.4) is 0 Å². The fourth-order valence-electron chi connectivity index (χ4n) is 2.49. The maximum absolute atomic E-state index is 13.6. The summed E-state index contributed by atoms with van der Waals surface area (Å²) in [5.74, 6) is -1.80. The Hall–Kier alpha value is -2.72. The highest BCUT2D eigenvalue weighted by Gasteiger charge is 2.15. The molecule has 0 saturated heterocycles. The van der Waals surface area contributed by atoms with Gasteiger partial charge in [-0.1, -0.05) is 23.4 Å². The molecule has 0 saturated carbocycles. The molecule has 0 fully saturated rings. The van der Waals surface area contributed by atoms with Crippen molar-refractivity contribution >= 4 is 35.0 Å². The summed E-state index contributed by atoms with van der Waals surface area (Å²) in [5.41, 5.74) is -0.107. The van der Waals surface area contributed by atoms with Crippen molar-refractivity contribution in [2.24, 2.45) is 0 Å². The van der Waals surface area contributed by atoms with Crippen LogP contribution in [-0.2, 0) is 17.9 Å². The van der Waals surface area contributed by atoms with Crippen molar-refractivity contribution < 1.29 is 22.7 Å². The van der Waals surface area contributed by atoms with Crippen molar-refractivity contribution in [1.29, 1.82) is 0 Å². The molecule has 11 heteroatoms. The van der Waals surface area contributed by atoms with Crippen LogP contribution in [0.1, 0.15) is 12.7 Å². The number of ether oxygens (including phenoxy) is 1. The molecular formula is C19H16ClF3N4O2S. The van der Waals surface area contributed by atoms with E-state index in [-0.39, 0.29) is 23.1 Å². The van der Waals surface area contributed by atoms with E-state index in [9.17, 15) is 18.0 Å². The van der Waals surface area contributed by atoms with Crippen molar-refractivity contribution in [3.63, 3.8) is 0 Å². The monoisotopic (exact) mass is 456 g/mol. The van der Waals surface area contributed by atoms with E-state index in [0.717, 1.165) is 30.0 Å². The lowest BCUT2D eigenvalue weighted by Crippen LogP contribution is -2.16. The van der Waals surface area contributed by atoms with E-state index in [4.69, 9.17) is 16.3 Å². The number of hydrogen-bond donors (Lipinski definition) is 1. The number of thioether (sulfide) groups is 1. The molecule has 158 valence electrons. The van der Waals surface area contributed by atoms with Gasteiger partial charge in [-0.15, -0.1) is 10.2 Å². The van der Waals surface area contributed by atoms with E-state index >= 15 is 0 Å². The number of hydrogen-bond acceptors (Lipinski definition) is 5. The van der Waals surface area contributed by atoms with Gasteiger partial charge in [-0.05, 0) is 37.3 Å². The summed E-state index contributed by atoms with van der Waals surface area (Å²) in [6, 6.07) is 6.69. The van der Waals surface area contributed by atoms with E-state index in [1.54, 1.807) is 4.57 Å². The Morgan fingerprint density at radius 1 is 1.17 bits per heavy atom. The van der Waals surface area contributed by atoms with Gasteiger partial charge in [-0.25, -0.2) is 13.2 Å². The number of rotatable bonds is 8. The second-order valence-corrected chi connectivity index (χ2v) is 7.32. The van der Waals surface area contributed by atoms with E-state index in [2.05, 4.69) is 15.5 Å². The minimum absolute atomic E-state index is 0.0414. The molecule has 0 radical (unpaired) electrons. The summed E-state index contributed by atoms with van der Waals surface area (Å²) in [5, 5.41) is 11.1. The van der Waals surface area contributed by atoms with E-state index in [1.807, 2.05) is 6.92 Å². The third-order valence-corrected chi connectivity index (χ3v) is 5.16. The molecule has 1 N–H and O–H groups in total. The standard InChI is InChI=1S/C19H16ClF3N4O2S/c1-2-27-17(9-29-16-6-4-11(21)7-13(16)20)25-26-19(27)30-10-18(28)24-15-5-3-12(22)8-14(15)23/h3-8H,2,9-10H2,1H3,(H,24,28). The van der Waals surface area contributed by atoms with Gasteiger partial charge in [0.2, 0.25) is 5.91 Å². The molecule has 0 aliphatic carbocycles. The number of nitrogens with one attached hydrogen (secondary N) is 1. The maximum Gasteiger partial charge on any atom is 0.234 e. The highest BCUT2D eigenvalue weighted by molar-refractivity contribution is 7.99. The predicted molar refractivity (Wildman–Crippen MR) is 107 cm³/mol. The summed E-state index contributed by atoms with van der Waals surface area (Å²) < 4.78 is 47.0. The molecule has 0 spiro atoms. The van der Waals surface area contributed by atoms with Crippen LogP contribution in [0.25, 0.3) is 0 Å². The average Bonchev–Trinajstić information content (AvgIpc) is 3.09. The molecule has 6 nitrogen and oxygen atoms in total. The maximum atomic E-state index is 13.6. The van der Waals surface area contributed by atoms with E-state index < -0.39 is 23.4 Å². The van der Waals surface area contributed by atoms with Crippen LogP contribution >= 0.6 is 23.4 Å². The van der Waals surface area contributed by atoms with Crippen molar-refractivity contribution in [2.75, 3.05) is 11.1 Å². The van der Waals surface area contributed by atoms with Gasteiger partial charge < -0.3 is 14.6 Å². The highest BCUT2D eigenvalue weighted by atomic mass is 35.5. The molecule has 3 aromatic rings. The minimum Gasteiger partial charge on any atom is -0.484 e. The SMILES string of the molecule is CCn1c(COc2ccc(F)cc2Cl)nnc1SCC(=O)Nc1ccc(F)cc1F. The van der Waals surface area contributed by atoms with Crippen molar-refractivity contribution in [2.45, 2.75) is 25.2 Å². The smallest absolute Gasteiger partial charge is 0.234 e. The molecule has 0 bridgehead atoms. The third kappa shape index (κ3) is 5.45. The lowest BCUT2D eigenvalue weighted by atomic mass is 10.3. The first kappa shape index (κ1) is 22.0. The fourth-order valence-corrected chi connectivity index (χ4v) is 3.54. The van der Waals surface area contributed by atoms with Gasteiger partial charge in [-0.3, -0.25) is 4.79 Å². The number of carbonyl (C=O) groups is 1. The number of benzene rings is 2. The largest absolute Gasteiger partial charge is 0.484 e. The van der Waals surface area contributed by atoms with Gasteiger partial charge >= 0.3 is 0 Å². The summed E-state index contributed by atoms with van der Waals surface area (Å²) in [7, 11) is 0.